The molecule has 5 nitrogen and oxygen atoms in total. The van der Waals surface area contributed by atoms with Crippen LogP contribution in [0.5, 0.6) is 0 Å². The summed E-state index contributed by atoms with van der Waals surface area (Å²) in [6.45, 7) is 5.45. The minimum Gasteiger partial charge on any atom is -0.444 e. The molecule has 0 aromatic heterocycles. The number of carbonyl (C=O) groups excluding carboxylic acids is 2. The Morgan fingerprint density at radius 3 is 2.35 bits per heavy atom. The van der Waals surface area contributed by atoms with Crippen LogP contribution in [0.25, 0.3) is 0 Å². The van der Waals surface area contributed by atoms with Crippen LogP contribution in [0.15, 0.2) is 48.5 Å². The SMILES string of the molecule is CC(C)(C)OC(=O)N[C@H]1c2ccccc2C[C@@H]1NC(=O)C(c1ccc(F)cc1)C1CC1. The van der Waals surface area contributed by atoms with Gasteiger partial charge in [-0.05, 0) is 74.8 Å². The minimum atomic E-state index is -0.611. The third kappa shape index (κ3) is 5.06. The number of nitrogens with one attached hydrogen (secondary N) is 2. The third-order valence-electron chi connectivity index (χ3n) is 5.84. The molecule has 4 rings (SSSR count). The molecule has 3 atom stereocenters. The lowest BCUT2D eigenvalue weighted by Gasteiger charge is -2.27. The lowest BCUT2D eigenvalue weighted by Crippen LogP contribution is -2.47. The van der Waals surface area contributed by atoms with Crippen molar-refractivity contribution in [2.45, 2.75) is 63.6 Å². The first kappa shape index (κ1) is 21.3. The molecule has 0 spiro atoms. The number of hydrogen-bond acceptors (Lipinski definition) is 3. The lowest BCUT2D eigenvalue weighted by molar-refractivity contribution is -0.124. The largest absolute Gasteiger partial charge is 0.444 e. The maximum atomic E-state index is 13.4. The molecule has 0 heterocycles. The van der Waals surface area contributed by atoms with Gasteiger partial charge >= 0.3 is 6.09 Å². The molecule has 2 amide bonds. The Balaban J connectivity index is 1.53. The van der Waals surface area contributed by atoms with E-state index < -0.39 is 11.7 Å². The highest BCUT2D eigenvalue weighted by molar-refractivity contribution is 5.85. The van der Waals surface area contributed by atoms with E-state index in [-0.39, 0.29) is 35.6 Å². The molecule has 2 aliphatic rings. The molecule has 0 bridgehead atoms. The molecule has 2 aliphatic carbocycles. The molecule has 6 heteroatoms. The van der Waals surface area contributed by atoms with E-state index in [0.717, 1.165) is 29.5 Å². The van der Waals surface area contributed by atoms with Crippen molar-refractivity contribution in [3.8, 4) is 0 Å². The molecule has 1 fully saturated rings. The van der Waals surface area contributed by atoms with E-state index in [2.05, 4.69) is 10.6 Å². The Morgan fingerprint density at radius 1 is 1.03 bits per heavy atom. The van der Waals surface area contributed by atoms with Gasteiger partial charge in [-0.15, -0.1) is 0 Å². The van der Waals surface area contributed by atoms with Crippen molar-refractivity contribution < 1.29 is 18.7 Å². The number of alkyl carbamates (subject to hydrolysis) is 1. The molecule has 2 aromatic rings. The summed E-state index contributed by atoms with van der Waals surface area (Å²) in [6.07, 6.45) is 2.09. The first-order valence-electron chi connectivity index (χ1n) is 10.8. The smallest absolute Gasteiger partial charge is 0.408 e. The topological polar surface area (TPSA) is 67.4 Å². The van der Waals surface area contributed by atoms with Gasteiger partial charge in [-0.3, -0.25) is 4.79 Å². The fraction of sp³-hybridized carbons (Fsp3) is 0.440. The van der Waals surface area contributed by atoms with Crippen LogP contribution in [0.3, 0.4) is 0 Å². The van der Waals surface area contributed by atoms with Crippen LogP contribution in [-0.4, -0.2) is 23.6 Å². The Hall–Kier alpha value is -2.89. The third-order valence-corrected chi connectivity index (χ3v) is 5.84. The van der Waals surface area contributed by atoms with Gasteiger partial charge < -0.3 is 15.4 Å². The molecule has 2 N–H and O–H groups in total. The van der Waals surface area contributed by atoms with Crippen LogP contribution in [0, 0.1) is 11.7 Å². The lowest BCUT2D eigenvalue weighted by atomic mass is 9.92. The zero-order valence-corrected chi connectivity index (χ0v) is 18.2. The van der Waals surface area contributed by atoms with Gasteiger partial charge in [-0.25, -0.2) is 9.18 Å². The van der Waals surface area contributed by atoms with Gasteiger partial charge in [-0.1, -0.05) is 36.4 Å². The molecular formula is C25H29FN2O3. The highest BCUT2D eigenvalue weighted by Crippen LogP contribution is 2.43. The fourth-order valence-corrected chi connectivity index (χ4v) is 4.35. The zero-order chi connectivity index (χ0) is 22.2. The molecule has 0 radical (unpaired) electrons. The van der Waals surface area contributed by atoms with E-state index in [4.69, 9.17) is 4.74 Å². The number of ether oxygens (including phenoxy) is 1. The molecule has 0 saturated heterocycles. The average Bonchev–Trinajstić information content (AvgIpc) is 3.46. The summed E-state index contributed by atoms with van der Waals surface area (Å²) < 4.78 is 18.8. The van der Waals surface area contributed by atoms with E-state index >= 15 is 0 Å². The summed E-state index contributed by atoms with van der Waals surface area (Å²) in [7, 11) is 0. The van der Waals surface area contributed by atoms with Gasteiger partial charge in [0.25, 0.3) is 0 Å². The molecular weight excluding hydrogens is 395 g/mol. The van der Waals surface area contributed by atoms with E-state index in [1.165, 1.54) is 12.1 Å². The summed E-state index contributed by atoms with van der Waals surface area (Å²) in [5, 5.41) is 6.13. The van der Waals surface area contributed by atoms with Crippen LogP contribution in [0.1, 0.15) is 62.3 Å². The number of benzene rings is 2. The van der Waals surface area contributed by atoms with Gasteiger partial charge in [0, 0.05) is 0 Å². The fourth-order valence-electron chi connectivity index (χ4n) is 4.35. The molecule has 31 heavy (non-hydrogen) atoms. The predicted molar refractivity (Wildman–Crippen MR) is 116 cm³/mol. The van der Waals surface area contributed by atoms with Crippen LogP contribution in [0.2, 0.25) is 0 Å². The Kier molecular flexibility index (Phi) is 5.73. The number of carbonyl (C=O) groups is 2. The van der Waals surface area contributed by atoms with E-state index in [1.807, 2.05) is 45.0 Å². The van der Waals surface area contributed by atoms with Crippen LogP contribution in [0.4, 0.5) is 9.18 Å². The predicted octanol–water partition coefficient (Wildman–Crippen LogP) is 4.63. The van der Waals surface area contributed by atoms with Crippen molar-refractivity contribution in [1.82, 2.24) is 10.6 Å². The van der Waals surface area contributed by atoms with Crippen molar-refractivity contribution in [2.24, 2.45) is 5.92 Å². The Morgan fingerprint density at radius 2 is 1.71 bits per heavy atom. The summed E-state index contributed by atoms with van der Waals surface area (Å²) in [6, 6.07) is 13.4. The highest BCUT2D eigenvalue weighted by atomic mass is 19.1. The maximum absolute atomic E-state index is 13.4. The van der Waals surface area contributed by atoms with Crippen molar-refractivity contribution >= 4 is 12.0 Å². The normalized spacial score (nSPS) is 21.2. The number of halogens is 1. The molecule has 2 aromatic carbocycles. The number of rotatable bonds is 5. The summed E-state index contributed by atoms with van der Waals surface area (Å²) in [5.41, 5.74) is 2.30. The number of fused-ring (bicyclic) bond motifs is 1. The van der Waals surface area contributed by atoms with Crippen molar-refractivity contribution in [2.75, 3.05) is 0 Å². The molecule has 1 unspecified atom stereocenters. The van der Waals surface area contributed by atoms with Crippen molar-refractivity contribution in [3.05, 3.63) is 71.0 Å². The van der Waals surface area contributed by atoms with Gasteiger partial charge in [0.15, 0.2) is 0 Å². The van der Waals surface area contributed by atoms with Gasteiger partial charge in [0.05, 0.1) is 18.0 Å². The standard InChI is InChI=1S/C25H29FN2O3/c1-25(2,3)31-24(30)28-22-19-7-5-4-6-17(19)14-20(22)27-23(29)21(15-8-9-15)16-10-12-18(26)13-11-16/h4-7,10-13,15,20-22H,8-9,14H2,1-3H3,(H,27,29)(H,28,30)/t20-,21?,22-/m0/s1. The Bertz CT molecular complexity index is 963. The van der Waals surface area contributed by atoms with Gasteiger partial charge in [0.2, 0.25) is 5.91 Å². The highest BCUT2D eigenvalue weighted by Gasteiger charge is 2.41. The maximum Gasteiger partial charge on any atom is 0.408 e. The summed E-state index contributed by atoms with van der Waals surface area (Å²) in [5.74, 6) is -0.438. The number of hydrogen-bond donors (Lipinski definition) is 2. The van der Waals surface area contributed by atoms with Crippen molar-refractivity contribution in [1.29, 1.82) is 0 Å². The van der Waals surface area contributed by atoms with E-state index in [9.17, 15) is 14.0 Å². The van der Waals surface area contributed by atoms with Gasteiger partial charge in [0.1, 0.15) is 11.4 Å². The minimum absolute atomic E-state index is 0.0806. The first-order valence-corrected chi connectivity index (χ1v) is 10.8. The van der Waals surface area contributed by atoms with Crippen LogP contribution >= 0.6 is 0 Å². The van der Waals surface area contributed by atoms with E-state index in [1.54, 1.807) is 12.1 Å². The first-order chi connectivity index (χ1) is 14.7. The summed E-state index contributed by atoms with van der Waals surface area (Å²) in [4.78, 5) is 25.8. The Labute approximate surface area is 182 Å². The number of amides is 2. The molecule has 0 aliphatic heterocycles. The molecule has 1 saturated carbocycles. The zero-order valence-electron chi connectivity index (χ0n) is 18.2. The monoisotopic (exact) mass is 424 g/mol. The van der Waals surface area contributed by atoms with Crippen molar-refractivity contribution in [3.63, 3.8) is 0 Å². The summed E-state index contributed by atoms with van der Waals surface area (Å²) >= 11 is 0. The quantitative estimate of drug-likeness (QED) is 0.736. The van der Waals surface area contributed by atoms with Crippen LogP contribution in [-0.2, 0) is 16.0 Å². The van der Waals surface area contributed by atoms with Crippen LogP contribution < -0.4 is 10.6 Å². The average molecular weight is 425 g/mol. The second kappa shape index (κ2) is 8.33. The second-order valence-corrected chi connectivity index (χ2v) is 9.51. The van der Waals surface area contributed by atoms with E-state index in [0.29, 0.717) is 6.42 Å². The molecule has 164 valence electrons. The second-order valence-electron chi connectivity index (χ2n) is 9.51. The van der Waals surface area contributed by atoms with Gasteiger partial charge in [-0.2, -0.15) is 0 Å².